The molecule has 0 saturated carbocycles. The molecule has 1 rings (SSSR count). The molecule has 1 heterocycles. The van der Waals surface area contributed by atoms with Crippen LogP contribution in [0.5, 0.6) is 0 Å². The maximum atomic E-state index is 5.16. The van der Waals surface area contributed by atoms with Gasteiger partial charge < -0.3 is 14.4 Å². The molecule has 0 atom stereocenters. The predicted octanol–water partition coefficient (Wildman–Crippen LogP) is 2.65. The van der Waals surface area contributed by atoms with Crippen LogP contribution in [0.3, 0.4) is 0 Å². The molecule has 3 nitrogen and oxygen atoms in total. The second kappa shape index (κ2) is 8.97. The lowest BCUT2D eigenvalue weighted by molar-refractivity contribution is -0.107. The van der Waals surface area contributed by atoms with E-state index in [-0.39, 0.29) is 6.29 Å². The molecule has 1 aliphatic heterocycles. The van der Waals surface area contributed by atoms with E-state index in [1.165, 1.54) is 58.2 Å². The summed E-state index contributed by atoms with van der Waals surface area (Å²) in [6.07, 6.45) is 9.06. The van der Waals surface area contributed by atoms with Gasteiger partial charge in [0.2, 0.25) is 0 Å². The molecule has 0 spiro atoms. The number of likely N-dealkylation sites (tertiary alicyclic amines) is 1. The molecule has 0 bridgehead atoms. The first-order valence-electron chi connectivity index (χ1n) is 6.64. The zero-order chi connectivity index (χ0) is 11.6. The van der Waals surface area contributed by atoms with Crippen LogP contribution >= 0.6 is 0 Å². The van der Waals surface area contributed by atoms with Crippen molar-refractivity contribution in [2.75, 3.05) is 33.9 Å². The molecule has 0 aliphatic carbocycles. The van der Waals surface area contributed by atoms with Crippen molar-refractivity contribution in [1.29, 1.82) is 0 Å². The highest BCUT2D eigenvalue weighted by molar-refractivity contribution is 4.64. The molecule has 96 valence electrons. The van der Waals surface area contributed by atoms with Crippen LogP contribution in [0.25, 0.3) is 0 Å². The van der Waals surface area contributed by atoms with E-state index in [9.17, 15) is 0 Å². The van der Waals surface area contributed by atoms with Crippen LogP contribution in [0.15, 0.2) is 0 Å². The smallest absolute Gasteiger partial charge is 0.156 e. The first kappa shape index (κ1) is 13.9. The third kappa shape index (κ3) is 5.83. The summed E-state index contributed by atoms with van der Waals surface area (Å²) in [5, 5.41) is 0. The van der Waals surface area contributed by atoms with Crippen molar-refractivity contribution in [3.8, 4) is 0 Å². The molecule has 1 aliphatic rings. The van der Waals surface area contributed by atoms with E-state index in [0.717, 1.165) is 6.42 Å². The lowest BCUT2D eigenvalue weighted by Gasteiger charge is -2.26. The topological polar surface area (TPSA) is 21.7 Å². The lowest BCUT2D eigenvalue weighted by Crippen LogP contribution is -2.30. The molecule has 0 aromatic heterocycles. The summed E-state index contributed by atoms with van der Waals surface area (Å²) in [5.41, 5.74) is 0. The van der Waals surface area contributed by atoms with Crippen molar-refractivity contribution in [3.05, 3.63) is 0 Å². The molecular weight excluding hydrogens is 202 g/mol. The summed E-state index contributed by atoms with van der Waals surface area (Å²) in [5.74, 6) is 0. The fourth-order valence-corrected chi connectivity index (χ4v) is 2.34. The van der Waals surface area contributed by atoms with Crippen LogP contribution in [0, 0.1) is 0 Å². The van der Waals surface area contributed by atoms with Crippen molar-refractivity contribution in [3.63, 3.8) is 0 Å². The largest absolute Gasteiger partial charge is 0.356 e. The van der Waals surface area contributed by atoms with Gasteiger partial charge in [-0.3, -0.25) is 0 Å². The molecule has 0 aromatic carbocycles. The van der Waals surface area contributed by atoms with Crippen molar-refractivity contribution in [2.24, 2.45) is 0 Å². The average molecular weight is 229 g/mol. The second-order valence-corrected chi connectivity index (χ2v) is 4.65. The van der Waals surface area contributed by atoms with Crippen molar-refractivity contribution >= 4 is 0 Å². The quantitative estimate of drug-likeness (QED) is 0.472. The maximum absolute atomic E-state index is 5.16. The Bertz CT molecular complexity index is 154. The summed E-state index contributed by atoms with van der Waals surface area (Å²) >= 11 is 0. The minimum absolute atomic E-state index is 0.00464. The fraction of sp³-hybridized carbons (Fsp3) is 1.00. The minimum atomic E-state index is -0.00464. The van der Waals surface area contributed by atoms with Crippen molar-refractivity contribution in [2.45, 2.75) is 51.2 Å². The second-order valence-electron chi connectivity index (χ2n) is 4.65. The van der Waals surface area contributed by atoms with Gasteiger partial charge in [0, 0.05) is 14.2 Å². The van der Waals surface area contributed by atoms with E-state index < -0.39 is 0 Å². The number of hydrogen-bond donors (Lipinski definition) is 0. The van der Waals surface area contributed by atoms with Crippen LogP contribution in [0.4, 0.5) is 0 Å². The van der Waals surface area contributed by atoms with Gasteiger partial charge in [0.15, 0.2) is 6.29 Å². The first-order chi connectivity index (χ1) is 7.86. The number of piperidine rings is 1. The Balaban J connectivity index is 1.90. The van der Waals surface area contributed by atoms with Crippen LogP contribution in [0.1, 0.15) is 44.9 Å². The number of ether oxygens (including phenoxy) is 2. The lowest BCUT2D eigenvalue weighted by atomic mass is 10.1. The third-order valence-corrected chi connectivity index (χ3v) is 3.39. The number of nitrogens with zero attached hydrogens (tertiary/aromatic N) is 1. The van der Waals surface area contributed by atoms with E-state index in [0.29, 0.717) is 0 Å². The highest BCUT2D eigenvalue weighted by Gasteiger charge is 2.09. The van der Waals surface area contributed by atoms with Gasteiger partial charge in [0.25, 0.3) is 0 Å². The summed E-state index contributed by atoms with van der Waals surface area (Å²) < 4.78 is 10.3. The van der Waals surface area contributed by atoms with Crippen molar-refractivity contribution in [1.82, 2.24) is 4.90 Å². The molecule has 0 aromatic rings. The third-order valence-electron chi connectivity index (χ3n) is 3.39. The van der Waals surface area contributed by atoms with Crippen LogP contribution in [-0.4, -0.2) is 45.0 Å². The average Bonchev–Trinajstić information content (AvgIpc) is 2.35. The summed E-state index contributed by atoms with van der Waals surface area (Å²) in [4.78, 5) is 2.60. The van der Waals surface area contributed by atoms with Gasteiger partial charge in [0.1, 0.15) is 0 Å². The molecule has 0 N–H and O–H groups in total. The summed E-state index contributed by atoms with van der Waals surface area (Å²) in [6, 6.07) is 0. The Labute approximate surface area is 100 Å². The zero-order valence-electron chi connectivity index (χ0n) is 10.9. The van der Waals surface area contributed by atoms with Crippen LogP contribution < -0.4 is 0 Å². The van der Waals surface area contributed by atoms with Gasteiger partial charge >= 0.3 is 0 Å². The minimum Gasteiger partial charge on any atom is -0.356 e. The molecular formula is C13H27NO2. The maximum Gasteiger partial charge on any atom is 0.156 e. The van der Waals surface area contributed by atoms with Crippen LogP contribution in [-0.2, 0) is 9.47 Å². The van der Waals surface area contributed by atoms with E-state index >= 15 is 0 Å². The van der Waals surface area contributed by atoms with Gasteiger partial charge in [0.05, 0.1) is 0 Å². The Morgan fingerprint density at radius 3 is 2.25 bits per heavy atom. The number of methoxy groups -OCH3 is 2. The standard InChI is InChI=1S/C13H27NO2/c1-15-13(16-2)9-5-3-6-10-14-11-7-4-8-12-14/h13H,3-12H2,1-2H3. The van der Waals surface area contributed by atoms with Gasteiger partial charge in [-0.1, -0.05) is 12.8 Å². The SMILES string of the molecule is COC(CCCCCN1CCCCC1)OC. The molecule has 16 heavy (non-hydrogen) atoms. The molecule has 1 saturated heterocycles. The summed E-state index contributed by atoms with van der Waals surface area (Å²) in [6.45, 7) is 3.92. The normalized spacial score (nSPS) is 18.2. The van der Waals surface area contributed by atoms with E-state index in [1.54, 1.807) is 14.2 Å². The Morgan fingerprint density at radius 2 is 1.62 bits per heavy atom. The van der Waals surface area contributed by atoms with E-state index in [1.807, 2.05) is 0 Å². The molecule has 3 heteroatoms. The van der Waals surface area contributed by atoms with Gasteiger partial charge in [-0.25, -0.2) is 0 Å². The number of hydrogen-bond acceptors (Lipinski definition) is 3. The number of rotatable bonds is 8. The first-order valence-corrected chi connectivity index (χ1v) is 6.64. The summed E-state index contributed by atoms with van der Waals surface area (Å²) in [7, 11) is 3.42. The fourth-order valence-electron chi connectivity index (χ4n) is 2.34. The predicted molar refractivity (Wildman–Crippen MR) is 66.6 cm³/mol. The molecule has 0 unspecified atom stereocenters. The Kier molecular flexibility index (Phi) is 7.81. The van der Waals surface area contributed by atoms with Crippen LogP contribution in [0.2, 0.25) is 0 Å². The number of unbranched alkanes of at least 4 members (excludes halogenated alkanes) is 2. The Morgan fingerprint density at radius 1 is 0.938 bits per heavy atom. The highest BCUT2D eigenvalue weighted by Crippen LogP contribution is 2.11. The molecule has 0 radical (unpaired) electrons. The van der Waals surface area contributed by atoms with Crippen molar-refractivity contribution < 1.29 is 9.47 Å². The Hall–Kier alpha value is -0.120. The molecule has 0 amide bonds. The van der Waals surface area contributed by atoms with E-state index in [2.05, 4.69) is 4.90 Å². The zero-order valence-corrected chi connectivity index (χ0v) is 10.9. The van der Waals surface area contributed by atoms with E-state index in [4.69, 9.17) is 9.47 Å². The van der Waals surface area contributed by atoms with Gasteiger partial charge in [-0.05, 0) is 51.7 Å². The highest BCUT2D eigenvalue weighted by atomic mass is 16.7. The monoisotopic (exact) mass is 229 g/mol. The van der Waals surface area contributed by atoms with Gasteiger partial charge in [-0.15, -0.1) is 0 Å². The molecule has 1 fully saturated rings. The van der Waals surface area contributed by atoms with Gasteiger partial charge in [-0.2, -0.15) is 0 Å².